The summed E-state index contributed by atoms with van der Waals surface area (Å²) in [5.41, 5.74) is 0. The molecule has 0 aromatic heterocycles. The van der Waals surface area contributed by atoms with Crippen molar-refractivity contribution in [1.29, 1.82) is 0 Å². The number of amides is 1. The number of hydrogen-bond donors (Lipinski definition) is 1. The van der Waals surface area contributed by atoms with Gasteiger partial charge in [0.25, 0.3) is 0 Å². The van der Waals surface area contributed by atoms with Crippen molar-refractivity contribution in [2.45, 2.75) is 51.7 Å². The summed E-state index contributed by atoms with van der Waals surface area (Å²) in [6.07, 6.45) is -3.38. The number of hydrogen-bond acceptors (Lipinski definition) is 1. The molecule has 1 fully saturated rings. The summed E-state index contributed by atoms with van der Waals surface area (Å²) in [7, 11) is 0. The summed E-state index contributed by atoms with van der Waals surface area (Å²) in [5.74, 6) is -1.07. The van der Waals surface area contributed by atoms with E-state index in [-0.39, 0.29) is 36.6 Å². The van der Waals surface area contributed by atoms with Crippen LogP contribution < -0.4 is 5.32 Å². The zero-order chi connectivity index (χ0) is 14.6. The van der Waals surface area contributed by atoms with Crippen LogP contribution in [0.3, 0.4) is 0 Å². The molecule has 112 valence electrons. The van der Waals surface area contributed by atoms with Gasteiger partial charge in [0, 0.05) is 17.8 Å². The lowest BCUT2D eigenvalue weighted by Crippen LogP contribution is -2.42. The molecule has 1 amide bonds. The Hall–Kier alpha value is -0.450. The molecule has 19 heavy (non-hydrogen) atoms. The van der Waals surface area contributed by atoms with Crippen LogP contribution in [0.4, 0.5) is 13.2 Å². The van der Waals surface area contributed by atoms with Gasteiger partial charge in [0.2, 0.25) is 5.91 Å². The Bertz CT molecular complexity index is 301. The van der Waals surface area contributed by atoms with Gasteiger partial charge in [0.1, 0.15) is 0 Å². The average Bonchev–Trinajstić information content (AvgIpc) is 2.36. The lowest BCUT2D eigenvalue weighted by atomic mass is 9.81. The van der Waals surface area contributed by atoms with Gasteiger partial charge in [0.05, 0.1) is 5.92 Å². The maximum absolute atomic E-state index is 12.5. The summed E-state index contributed by atoms with van der Waals surface area (Å²) < 4.78 is 37.5. The highest BCUT2D eigenvalue weighted by Gasteiger charge is 2.42. The van der Waals surface area contributed by atoms with Crippen LogP contribution in [-0.4, -0.2) is 24.0 Å². The predicted octanol–water partition coefficient (Wildman–Crippen LogP) is 3.73. The second kappa shape index (κ2) is 6.82. The molecule has 0 radical (unpaired) electrons. The molecular weight excluding hydrogens is 279 g/mol. The Balaban J connectivity index is 2.41. The van der Waals surface area contributed by atoms with E-state index < -0.39 is 12.1 Å². The van der Waals surface area contributed by atoms with Crippen molar-refractivity contribution < 1.29 is 18.0 Å². The van der Waals surface area contributed by atoms with Crippen molar-refractivity contribution in [1.82, 2.24) is 5.32 Å². The fourth-order valence-electron chi connectivity index (χ4n) is 2.30. The van der Waals surface area contributed by atoms with Crippen molar-refractivity contribution in [3.05, 3.63) is 0 Å². The van der Waals surface area contributed by atoms with E-state index in [4.69, 9.17) is 11.6 Å². The van der Waals surface area contributed by atoms with Crippen molar-refractivity contribution in [2.75, 3.05) is 5.88 Å². The van der Waals surface area contributed by atoms with Gasteiger partial charge in [-0.25, -0.2) is 0 Å². The Morgan fingerprint density at radius 2 is 1.79 bits per heavy atom. The van der Waals surface area contributed by atoms with Gasteiger partial charge in [-0.3, -0.25) is 4.79 Å². The van der Waals surface area contributed by atoms with E-state index in [1.807, 2.05) is 13.8 Å². The van der Waals surface area contributed by atoms with Crippen LogP contribution in [0.5, 0.6) is 0 Å². The Kier molecular flexibility index (Phi) is 5.96. The maximum atomic E-state index is 12.5. The van der Waals surface area contributed by atoms with Gasteiger partial charge < -0.3 is 5.32 Å². The Morgan fingerprint density at radius 3 is 2.21 bits per heavy atom. The van der Waals surface area contributed by atoms with Crippen LogP contribution in [0.25, 0.3) is 0 Å². The van der Waals surface area contributed by atoms with Crippen molar-refractivity contribution >= 4 is 17.5 Å². The van der Waals surface area contributed by atoms with Gasteiger partial charge in [-0.05, 0) is 38.5 Å². The molecular formula is C13H21ClF3NO. The molecule has 0 bridgehead atoms. The molecule has 1 N–H and O–H groups in total. The number of halogens is 4. The molecule has 0 aliphatic heterocycles. The van der Waals surface area contributed by atoms with E-state index in [0.29, 0.717) is 18.7 Å². The number of rotatable bonds is 4. The van der Waals surface area contributed by atoms with Crippen LogP contribution in [0.15, 0.2) is 0 Å². The minimum Gasteiger partial charge on any atom is -0.353 e. The number of nitrogens with one attached hydrogen (secondary N) is 1. The number of alkyl halides is 4. The first kappa shape index (κ1) is 16.6. The number of carbonyl (C=O) groups is 1. The zero-order valence-electron chi connectivity index (χ0n) is 11.3. The normalized spacial score (nSPS) is 27.7. The minimum absolute atomic E-state index is 0.0506. The van der Waals surface area contributed by atoms with Gasteiger partial charge in [-0.2, -0.15) is 13.2 Å². The van der Waals surface area contributed by atoms with E-state index >= 15 is 0 Å². The second-order valence-corrected chi connectivity index (χ2v) is 5.83. The van der Waals surface area contributed by atoms with Gasteiger partial charge in [-0.1, -0.05) is 6.92 Å². The van der Waals surface area contributed by atoms with Crippen LogP contribution in [0.2, 0.25) is 0 Å². The molecule has 1 aliphatic carbocycles. The van der Waals surface area contributed by atoms with Gasteiger partial charge >= 0.3 is 6.18 Å². The Labute approximate surface area is 117 Å². The molecule has 1 saturated carbocycles. The average molecular weight is 300 g/mol. The first-order valence-electron chi connectivity index (χ1n) is 6.68. The van der Waals surface area contributed by atoms with Gasteiger partial charge in [-0.15, -0.1) is 11.6 Å². The molecule has 0 spiro atoms. The van der Waals surface area contributed by atoms with Crippen molar-refractivity contribution in [3.8, 4) is 0 Å². The first-order valence-corrected chi connectivity index (χ1v) is 7.22. The molecule has 0 heterocycles. The predicted molar refractivity (Wildman–Crippen MR) is 69.0 cm³/mol. The highest BCUT2D eigenvalue weighted by molar-refractivity contribution is 6.18. The summed E-state index contributed by atoms with van der Waals surface area (Å²) in [6.45, 7) is 3.80. The summed E-state index contributed by atoms with van der Waals surface area (Å²) in [6, 6.07) is -0.0506. The third kappa shape index (κ3) is 4.86. The highest BCUT2D eigenvalue weighted by Crippen LogP contribution is 2.39. The fraction of sp³-hybridized carbons (Fsp3) is 0.923. The third-order valence-electron chi connectivity index (χ3n) is 4.03. The molecule has 0 aromatic carbocycles. The van der Waals surface area contributed by atoms with Gasteiger partial charge in [0.15, 0.2) is 0 Å². The summed E-state index contributed by atoms with van der Waals surface area (Å²) in [4.78, 5) is 11.9. The highest BCUT2D eigenvalue weighted by atomic mass is 35.5. The monoisotopic (exact) mass is 299 g/mol. The SMILES string of the molecule is CC(CCl)C(C)NC(=O)C1CCC(C(F)(F)F)CC1. The summed E-state index contributed by atoms with van der Waals surface area (Å²) >= 11 is 5.71. The molecule has 1 aliphatic rings. The Morgan fingerprint density at radius 1 is 1.26 bits per heavy atom. The molecule has 1 rings (SSSR count). The minimum atomic E-state index is -4.12. The van der Waals surface area contributed by atoms with Crippen LogP contribution >= 0.6 is 11.6 Å². The quantitative estimate of drug-likeness (QED) is 0.787. The molecule has 2 nitrogen and oxygen atoms in total. The largest absolute Gasteiger partial charge is 0.391 e. The topological polar surface area (TPSA) is 29.1 Å². The number of carbonyl (C=O) groups excluding carboxylic acids is 1. The molecule has 6 heteroatoms. The van der Waals surface area contributed by atoms with Crippen LogP contribution in [0, 0.1) is 17.8 Å². The van der Waals surface area contributed by atoms with E-state index in [1.54, 1.807) is 0 Å². The standard InChI is InChI=1S/C13H21ClF3NO/c1-8(7-14)9(2)18-12(19)10-3-5-11(6-4-10)13(15,16)17/h8-11H,3-7H2,1-2H3,(H,18,19). The lowest BCUT2D eigenvalue weighted by Gasteiger charge is -2.30. The van der Waals surface area contributed by atoms with E-state index in [1.165, 1.54) is 0 Å². The lowest BCUT2D eigenvalue weighted by molar-refractivity contribution is -0.184. The maximum Gasteiger partial charge on any atom is 0.391 e. The van der Waals surface area contributed by atoms with Crippen molar-refractivity contribution in [2.24, 2.45) is 17.8 Å². The molecule has 0 saturated heterocycles. The first-order chi connectivity index (χ1) is 8.75. The van der Waals surface area contributed by atoms with E-state index in [2.05, 4.69) is 5.32 Å². The fourth-order valence-corrected chi connectivity index (χ4v) is 2.57. The third-order valence-corrected chi connectivity index (χ3v) is 4.51. The smallest absolute Gasteiger partial charge is 0.353 e. The van der Waals surface area contributed by atoms with Crippen molar-refractivity contribution in [3.63, 3.8) is 0 Å². The zero-order valence-corrected chi connectivity index (χ0v) is 12.0. The van der Waals surface area contributed by atoms with Crippen LogP contribution in [0.1, 0.15) is 39.5 Å². The molecule has 2 unspecified atom stereocenters. The van der Waals surface area contributed by atoms with Crippen LogP contribution in [-0.2, 0) is 4.79 Å². The molecule has 2 atom stereocenters. The summed E-state index contributed by atoms with van der Waals surface area (Å²) in [5, 5.41) is 2.85. The van der Waals surface area contributed by atoms with E-state index in [0.717, 1.165) is 0 Å². The van der Waals surface area contributed by atoms with E-state index in [9.17, 15) is 18.0 Å². The second-order valence-electron chi connectivity index (χ2n) is 5.52. The molecule has 0 aromatic rings.